The third-order valence-electron chi connectivity index (χ3n) is 5.32. The van der Waals surface area contributed by atoms with Gasteiger partial charge in [-0.2, -0.15) is 0 Å². The third-order valence-corrected chi connectivity index (χ3v) is 7.94. The number of aliphatic hydroxyl groups is 1. The van der Waals surface area contributed by atoms with Gasteiger partial charge in [0.2, 0.25) is 0 Å². The molecule has 0 fully saturated rings. The molecule has 3 atom stereocenters. The SMILES string of the molecule is C[B]c1cccc2ccc(F)c(C#CSPC(O)C(C)(C)C(C)CC)c12. The van der Waals surface area contributed by atoms with Crippen LogP contribution in [0, 0.1) is 28.3 Å². The van der Waals surface area contributed by atoms with E-state index in [9.17, 15) is 9.50 Å². The molecule has 0 aromatic heterocycles. The second-order valence-corrected chi connectivity index (χ2v) is 9.65. The minimum Gasteiger partial charge on any atom is -0.387 e. The molecule has 0 saturated carbocycles. The minimum atomic E-state index is -0.423. The summed E-state index contributed by atoms with van der Waals surface area (Å²) in [5, 5.41) is 15.4. The summed E-state index contributed by atoms with van der Waals surface area (Å²) in [5.74, 6) is 2.70. The van der Waals surface area contributed by atoms with Crippen molar-refractivity contribution >= 4 is 42.7 Å². The smallest absolute Gasteiger partial charge is 0.149 e. The van der Waals surface area contributed by atoms with Gasteiger partial charge in [-0.05, 0) is 52.6 Å². The van der Waals surface area contributed by atoms with E-state index in [0.29, 0.717) is 11.5 Å². The first-order valence-electron chi connectivity index (χ1n) is 8.93. The van der Waals surface area contributed by atoms with Crippen LogP contribution >= 0.6 is 19.2 Å². The zero-order valence-electron chi connectivity index (χ0n) is 16.1. The van der Waals surface area contributed by atoms with Crippen molar-refractivity contribution in [3.05, 3.63) is 41.7 Å². The summed E-state index contributed by atoms with van der Waals surface area (Å²) in [4.78, 5) is 0. The zero-order valence-corrected chi connectivity index (χ0v) is 17.9. The van der Waals surface area contributed by atoms with E-state index in [1.165, 1.54) is 17.4 Å². The summed E-state index contributed by atoms with van der Waals surface area (Å²) < 4.78 is 14.4. The summed E-state index contributed by atoms with van der Waals surface area (Å²) in [6.45, 7) is 10.4. The highest BCUT2D eigenvalue weighted by atomic mass is 32.7. The molecule has 1 nitrogen and oxygen atoms in total. The van der Waals surface area contributed by atoms with Gasteiger partial charge in [-0.25, -0.2) is 4.39 Å². The number of fused-ring (bicyclic) bond motifs is 1. The first-order chi connectivity index (χ1) is 12.3. The molecule has 0 heterocycles. The van der Waals surface area contributed by atoms with E-state index >= 15 is 0 Å². The van der Waals surface area contributed by atoms with Crippen LogP contribution in [0.2, 0.25) is 6.82 Å². The van der Waals surface area contributed by atoms with E-state index in [2.05, 4.69) is 38.9 Å². The van der Waals surface area contributed by atoms with E-state index in [0.717, 1.165) is 22.7 Å². The highest BCUT2D eigenvalue weighted by molar-refractivity contribution is 8.52. The van der Waals surface area contributed by atoms with Gasteiger partial charge in [-0.3, -0.25) is 0 Å². The number of hydrogen-bond donors (Lipinski definition) is 1. The summed E-state index contributed by atoms with van der Waals surface area (Å²) >= 11 is 1.38. The Balaban J connectivity index is 2.22. The van der Waals surface area contributed by atoms with Gasteiger partial charge >= 0.3 is 0 Å². The average Bonchev–Trinajstić information content (AvgIpc) is 2.64. The van der Waals surface area contributed by atoms with Gasteiger partial charge in [0.15, 0.2) is 0 Å². The standard InChI is InChI=1S/C21H26BFOPS/c1-6-14(2)21(3,4)20(24)25-26-13-12-16-18(23)11-10-15-8-7-9-17(22-5)19(15)16/h7-11,14,20,24-25H,6H2,1-5H3. The molecule has 0 aliphatic heterocycles. The maximum Gasteiger partial charge on any atom is 0.149 e. The first kappa shape index (κ1) is 21.3. The van der Waals surface area contributed by atoms with Crippen molar-refractivity contribution in [2.24, 2.45) is 11.3 Å². The molecule has 3 unspecified atom stereocenters. The fourth-order valence-corrected chi connectivity index (χ4v) is 5.34. The van der Waals surface area contributed by atoms with Crippen molar-refractivity contribution in [2.45, 2.75) is 46.8 Å². The Kier molecular flexibility index (Phi) is 7.59. The molecule has 0 aliphatic rings. The Morgan fingerprint density at radius 1 is 1.31 bits per heavy atom. The Hall–Kier alpha value is -1.01. The van der Waals surface area contributed by atoms with Crippen LogP contribution in [0.4, 0.5) is 4.39 Å². The van der Waals surface area contributed by atoms with Gasteiger partial charge in [0.1, 0.15) is 13.1 Å². The monoisotopic (exact) mass is 387 g/mol. The lowest BCUT2D eigenvalue weighted by Crippen LogP contribution is -2.31. The summed E-state index contributed by atoms with van der Waals surface area (Å²) in [7, 11) is 2.22. The molecule has 5 heteroatoms. The number of halogens is 1. The van der Waals surface area contributed by atoms with Crippen LogP contribution < -0.4 is 5.46 Å². The lowest BCUT2D eigenvalue weighted by molar-refractivity contribution is 0.0738. The van der Waals surface area contributed by atoms with E-state index in [1.54, 1.807) is 6.07 Å². The summed E-state index contributed by atoms with van der Waals surface area (Å²) in [5.41, 5.74) is 1.26. The van der Waals surface area contributed by atoms with Crippen molar-refractivity contribution in [1.29, 1.82) is 0 Å². The predicted molar refractivity (Wildman–Crippen MR) is 117 cm³/mol. The fraction of sp³-hybridized carbons (Fsp3) is 0.429. The maximum absolute atomic E-state index is 14.4. The minimum absolute atomic E-state index is 0.156. The molecule has 0 bridgehead atoms. The lowest BCUT2D eigenvalue weighted by Gasteiger charge is -2.35. The molecule has 0 spiro atoms. The van der Waals surface area contributed by atoms with Gasteiger partial charge in [0, 0.05) is 0 Å². The number of hydrogen-bond acceptors (Lipinski definition) is 2. The second kappa shape index (κ2) is 9.27. The van der Waals surface area contributed by atoms with Crippen molar-refractivity contribution < 1.29 is 9.50 Å². The molecule has 0 aliphatic carbocycles. The van der Waals surface area contributed by atoms with Crippen molar-refractivity contribution in [3.63, 3.8) is 0 Å². The van der Waals surface area contributed by atoms with Crippen LogP contribution in [0.5, 0.6) is 0 Å². The maximum atomic E-state index is 14.4. The molecular weight excluding hydrogens is 361 g/mol. The highest BCUT2D eigenvalue weighted by Crippen LogP contribution is 2.46. The number of rotatable bonds is 6. The van der Waals surface area contributed by atoms with E-state index < -0.39 is 5.85 Å². The molecule has 2 aromatic rings. The van der Waals surface area contributed by atoms with Gasteiger partial charge in [-0.15, -0.1) is 0 Å². The Morgan fingerprint density at radius 3 is 2.69 bits per heavy atom. The van der Waals surface area contributed by atoms with Gasteiger partial charge in [0.05, 0.1) is 11.4 Å². The Morgan fingerprint density at radius 2 is 2.04 bits per heavy atom. The molecule has 0 saturated heterocycles. The average molecular weight is 387 g/mol. The molecule has 137 valence electrons. The van der Waals surface area contributed by atoms with Crippen LogP contribution in [-0.2, 0) is 0 Å². The number of aliphatic hydroxyl groups excluding tert-OH is 1. The second-order valence-electron chi connectivity index (χ2n) is 7.14. The van der Waals surface area contributed by atoms with E-state index in [-0.39, 0.29) is 19.0 Å². The van der Waals surface area contributed by atoms with Crippen molar-refractivity contribution in [2.75, 3.05) is 0 Å². The van der Waals surface area contributed by atoms with Gasteiger partial charge in [-0.1, -0.05) is 76.6 Å². The van der Waals surface area contributed by atoms with Crippen LogP contribution in [0.3, 0.4) is 0 Å². The van der Waals surface area contributed by atoms with Crippen LogP contribution in [0.1, 0.15) is 39.7 Å². The molecule has 2 rings (SSSR count). The molecular formula is C21H26BFOPS. The molecule has 2 aromatic carbocycles. The van der Waals surface area contributed by atoms with E-state index in [4.69, 9.17) is 0 Å². The number of benzene rings is 2. The van der Waals surface area contributed by atoms with Crippen molar-refractivity contribution in [1.82, 2.24) is 0 Å². The van der Waals surface area contributed by atoms with Gasteiger partial charge in [0.25, 0.3) is 0 Å². The topological polar surface area (TPSA) is 20.2 Å². The van der Waals surface area contributed by atoms with E-state index in [1.807, 2.05) is 32.3 Å². The normalized spacial score (nSPS) is 14.3. The Bertz CT molecular complexity index is 828. The molecule has 26 heavy (non-hydrogen) atoms. The summed E-state index contributed by atoms with van der Waals surface area (Å²) in [6.07, 6.45) is 1.03. The predicted octanol–water partition coefficient (Wildman–Crippen LogP) is 5.38. The zero-order chi connectivity index (χ0) is 19.3. The third kappa shape index (κ3) is 4.63. The van der Waals surface area contributed by atoms with Crippen LogP contribution in [0.25, 0.3) is 10.8 Å². The Labute approximate surface area is 163 Å². The molecule has 0 amide bonds. The quantitative estimate of drug-likeness (QED) is 0.408. The van der Waals surface area contributed by atoms with Crippen LogP contribution in [-0.4, -0.2) is 18.2 Å². The molecule has 1 N–H and O–H groups in total. The van der Waals surface area contributed by atoms with Gasteiger partial charge < -0.3 is 5.11 Å². The first-order valence-corrected chi connectivity index (χ1v) is 11.6. The van der Waals surface area contributed by atoms with Crippen LogP contribution in [0.15, 0.2) is 30.3 Å². The molecule has 1 radical (unpaired) electrons. The largest absolute Gasteiger partial charge is 0.387 e. The fourth-order valence-electron chi connectivity index (χ4n) is 2.85. The lowest BCUT2D eigenvalue weighted by atomic mass is 9.70. The van der Waals surface area contributed by atoms with Crippen molar-refractivity contribution in [3.8, 4) is 11.2 Å². The highest BCUT2D eigenvalue weighted by Gasteiger charge is 2.32. The summed E-state index contributed by atoms with van der Waals surface area (Å²) in [6, 6.07) is 9.17.